The van der Waals surface area contributed by atoms with Crippen molar-refractivity contribution in [3.63, 3.8) is 0 Å². The van der Waals surface area contributed by atoms with Crippen LogP contribution in [0.5, 0.6) is 28.7 Å². The highest BCUT2D eigenvalue weighted by Crippen LogP contribution is 2.47. The average molecular weight is 365 g/mol. The zero-order valence-electron chi connectivity index (χ0n) is 13.2. The summed E-state index contributed by atoms with van der Waals surface area (Å²) < 4.78 is 15.8. The zero-order valence-corrected chi connectivity index (χ0v) is 13.9. The second kappa shape index (κ2) is 6.10. The van der Waals surface area contributed by atoms with E-state index in [0.29, 0.717) is 0 Å². The first-order valence-corrected chi connectivity index (χ1v) is 7.38. The molecule has 0 radical (unpaired) electrons. The maximum Gasteiger partial charge on any atom is 0.202 e. The van der Waals surface area contributed by atoms with E-state index in [4.69, 9.17) is 25.5 Å². The summed E-state index contributed by atoms with van der Waals surface area (Å²) in [5.74, 6) is -0.893. The van der Waals surface area contributed by atoms with Crippen LogP contribution >= 0.6 is 11.6 Å². The van der Waals surface area contributed by atoms with Gasteiger partial charge in [-0.1, -0.05) is 11.6 Å². The van der Waals surface area contributed by atoms with Gasteiger partial charge in [0.25, 0.3) is 0 Å². The molecular weight excluding hydrogens is 352 g/mol. The molecule has 0 aliphatic rings. The van der Waals surface area contributed by atoms with E-state index < -0.39 is 11.2 Å². The molecule has 3 N–H and O–H groups in total. The van der Waals surface area contributed by atoms with E-state index in [0.717, 1.165) is 12.1 Å². The molecule has 1 heterocycles. The minimum atomic E-state index is -0.532. The Labute approximate surface area is 146 Å². The van der Waals surface area contributed by atoms with Crippen LogP contribution in [-0.4, -0.2) is 29.5 Å². The second-order valence-electron chi connectivity index (χ2n) is 5.14. The van der Waals surface area contributed by atoms with Crippen LogP contribution in [-0.2, 0) is 0 Å². The predicted molar refractivity (Wildman–Crippen MR) is 91.0 cm³/mol. The number of rotatable bonds is 3. The summed E-state index contributed by atoms with van der Waals surface area (Å²) in [6.45, 7) is 0. The second-order valence-corrected chi connectivity index (χ2v) is 5.51. The number of phenols is 3. The Hall–Kier alpha value is -3.06. The van der Waals surface area contributed by atoms with Crippen LogP contribution < -0.4 is 14.9 Å². The van der Waals surface area contributed by atoms with Gasteiger partial charge in [0.1, 0.15) is 28.2 Å². The molecule has 0 fully saturated rings. The standard InChI is InChI=1S/C17H13ClO7/c1-23-13-5-8(15(18)17(24-2)16(13)22)11-6-10(21)14-9(20)3-7(19)4-12(14)25-11/h3-6,19-20,22H,1-2H3. The van der Waals surface area contributed by atoms with E-state index in [2.05, 4.69) is 0 Å². The van der Waals surface area contributed by atoms with Gasteiger partial charge in [-0.05, 0) is 6.07 Å². The fourth-order valence-electron chi connectivity index (χ4n) is 2.51. The van der Waals surface area contributed by atoms with Crippen molar-refractivity contribution in [3.8, 4) is 40.1 Å². The van der Waals surface area contributed by atoms with Gasteiger partial charge in [-0.2, -0.15) is 0 Å². The average Bonchev–Trinajstić information content (AvgIpc) is 2.54. The normalized spacial score (nSPS) is 10.8. The number of methoxy groups -OCH3 is 2. The molecule has 0 bridgehead atoms. The summed E-state index contributed by atoms with van der Waals surface area (Å²) >= 11 is 6.24. The Morgan fingerprint density at radius 3 is 2.40 bits per heavy atom. The maximum atomic E-state index is 12.3. The highest BCUT2D eigenvalue weighted by Gasteiger charge is 2.21. The molecule has 0 spiro atoms. The third-order valence-corrected chi connectivity index (χ3v) is 4.02. The molecular formula is C17H13ClO7. The van der Waals surface area contributed by atoms with Gasteiger partial charge in [0, 0.05) is 23.8 Å². The minimum absolute atomic E-state index is 0.00711. The third kappa shape index (κ3) is 2.68. The Morgan fingerprint density at radius 1 is 1.04 bits per heavy atom. The number of ether oxygens (including phenoxy) is 2. The van der Waals surface area contributed by atoms with E-state index in [1.54, 1.807) is 0 Å². The summed E-state index contributed by atoms with van der Waals surface area (Å²) in [4.78, 5) is 12.3. The van der Waals surface area contributed by atoms with Gasteiger partial charge in [-0.15, -0.1) is 0 Å². The molecule has 1 aromatic heterocycles. The van der Waals surface area contributed by atoms with Gasteiger partial charge in [0.15, 0.2) is 16.9 Å². The van der Waals surface area contributed by atoms with Crippen LogP contribution in [0.3, 0.4) is 0 Å². The number of hydrogen-bond acceptors (Lipinski definition) is 7. The molecule has 8 heteroatoms. The van der Waals surface area contributed by atoms with Gasteiger partial charge in [-0.25, -0.2) is 0 Å². The minimum Gasteiger partial charge on any atom is -0.508 e. The Balaban J connectivity index is 2.36. The molecule has 2 aromatic carbocycles. The molecule has 0 saturated heterocycles. The quantitative estimate of drug-likeness (QED) is 0.654. The number of fused-ring (bicyclic) bond motifs is 1. The van der Waals surface area contributed by atoms with Crippen LogP contribution in [0.4, 0.5) is 0 Å². The molecule has 3 rings (SSSR count). The van der Waals surface area contributed by atoms with Crippen molar-refractivity contribution < 1.29 is 29.2 Å². The van der Waals surface area contributed by atoms with Crippen LogP contribution in [0.15, 0.2) is 33.5 Å². The van der Waals surface area contributed by atoms with E-state index >= 15 is 0 Å². The summed E-state index contributed by atoms with van der Waals surface area (Å²) in [5.41, 5.74) is -0.326. The van der Waals surface area contributed by atoms with Crippen molar-refractivity contribution in [3.05, 3.63) is 39.5 Å². The fourth-order valence-corrected chi connectivity index (χ4v) is 2.82. The van der Waals surface area contributed by atoms with Gasteiger partial charge in [0.2, 0.25) is 5.75 Å². The molecule has 0 atom stereocenters. The van der Waals surface area contributed by atoms with Crippen molar-refractivity contribution >= 4 is 22.6 Å². The van der Waals surface area contributed by atoms with Crippen molar-refractivity contribution in [2.45, 2.75) is 0 Å². The van der Waals surface area contributed by atoms with Crippen molar-refractivity contribution in [2.75, 3.05) is 14.2 Å². The summed E-state index contributed by atoms with van der Waals surface area (Å²) in [5, 5.41) is 29.4. The van der Waals surface area contributed by atoms with Gasteiger partial charge < -0.3 is 29.2 Å². The molecule has 25 heavy (non-hydrogen) atoms. The first-order chi connectivity index (χ1) is 11.9. The molecule has 0 saturated carbocycles. The van der Waals surface area contributed by atoms with Crippen molar-refractivity contribution in [2.24, 2.45) is 0 Å². The molecule has 7 nitrogen and oxygen atoms in total. The first-order valence-electron chi connectivity index (χ1n) is 7.01. The summed E-state index contributed by atoms with van der Waals surface area (Å²) in [6.07, 6.45) is 0. The Bertz CT molecular complexity index is 1040. The lowest BCUT2D eigenvalue weighted by Crippen LogP contribution is -2.01. The number of benzene rings is 2. The molecule has 130 valence electrons. The van der Waals surface area contributed by atoms with Crippen molar-refractivity contribution in [1.29, 1.82) is 0 Å². The fraction of sp³-hybridized carbons (Fsp3) is 0.118. The van der Waals surface area contributed by atoms with Crippen LogP contribution in [0, 0.1) is 0 Å². The molecule has 0 aliphatic carbocycles. The lowest BCUT2D eigenvalue weighted by Gasteiger charge is -2.14. The van der Waals surface area contributed by atoms with Gasteiger partial charge >= 0.3 is 0 Å². The number of halogens is 1. The Morgan fingerprint density at radius 2 is 1.76 bits per heavy atom. The van der Waals surface area contributed by atoms with Gasteiger partial charge in [-0.3, -0.25) is 4.79 Å². The zero-order chi connectivity index (χ0) is 18.3. The van der Waals surface area contributed by atoms with E-state index in [9.17, 15) is 20.1 Å². The highest BCUT2D eigenvalue weighted by atomic mass is 35.5. The number of hydrogen-bond donors (Lipinski definition) is 3. The molecule has 3 aromatic rings. The maximum absolute atomic E-state index is 12.3. The molecule has 0 aliphatic heterocycles. The Kier molecular flexibility index (Phi) is 4.10. The van der Waals surface area contributed by atoms with E-state index in [1.807, 2.05) is 0 Å². The third-order valence-electron chi connectivity index (χ3n) is 3.64. The van der Waals surface area contributed by atoms with E-state index in [1.165, 1.54) is 26.4 Å². The SMILES string of the molecule is COc1cc(-c2cc(=O)c3c(O)cc(O)cc3o2)c(Cl)c(OC)c1O. The lowest BCUT2D eigenvalue weighted by atomic mass is 10.1. The van der Waals surface area contributed by atoms with Crippen LogP contribution in [0.1, 0.15) is 0 Å². The molecule has 0 unspecified atom stereocenters. The van der Waals surface area contributed by atoms with E-state index in [-0.39, 0.29) is 50.3 Å². The van der Waals surface area contributed by atoms with Crippen LogP contribution in [0.25, 0.3) is 22.3 Å². The molecule has 0 amide bonds. The van der Waals surface area contributed by atoms with Crippen LogP contribution in [0.2, 0.25) is 5.02 Å². The van der Waals surface area contributed by atoms with Crippen molar-refractivity contribution in [1.82, 2.24) is 0 Å². The largest absolute Gasteiger partial charge is 0.508 e. The smallest absolute Gasteiger partial charge is 0.202 e. The van der Waals surface area contributed by atoms with Gasteiger partial charge in [0.05, 0.1) is 19.2 Å². The predicted octanol–water partition coefficient (Wildman–Crippen LogP) is 3.25. The number of phenolic OH excluding ortho intramolecular Hbond substituents is 3. The monoisotopic (exact) mass is 364 g/mol. The first kappa shape index (κ1) is 16.8. The topological polar surface area (TPSA) is 109 Å². The number of aromatic hydroxyl groups is 3. The lowest BCUT2D eigenvalue weighted by molar-refractivity contribution is 0.340. The summed E-state index contributed by atoms with van der Waals surface area (Å²) in [6, 6.07) is 4.75. The summed E-state index contributed by atoms with van der Waals surface area (Å²) in [7, 11) is 2.66. The highest BCUT2D eigenvalue weighted by molar-refractivity contribution is 6.35.